The molecule has 0 unspecified atom stereocenters. The number of hydrogen-bond acceptors (Lipinski definition) is 2. The van der Waals surface area contributed by atoms with Crippen LogP contribution in [0.15, 0.2) is 30.3 Å². The second-order valence-corrected chi connectivity index (χ2v) is 6.79. The summed E-state index contributed by atoms with van der Waals surface area (Å²) in [4.78, 5) is 16.8. The Balaban J connectivity index is 1.88. The van der Waals surface area contributed by atoms with E-state index < -0.39 is 0 Å². The third-order valence-electron chi connectivity index (χ3n) is 4.63. The molecule has 0 aromatic heterocycles. The summed E-state index contributed by atoms with van der Waals surface area (Å²) >= 11 is 0. The maximum absolute atomic E-state index is 12.6. The summed E-state index contributed by atoms with van der Waals surface area (Å²) in [6, 6.07) is 10.3. The minimum atomic E-state index is 0.317. The second-order valence-electron chi connectivity index (χ2n) is 6.79. The van der Waals surface area contributed by atoms with Gasteiger partial charge < -0.3 is 9.80 Å². The first kappa shape index (κ1) is 17.0. The predicted octanol–water partition coefficient (Wildman–Crippen LogP) is 3.55. The van der Waals surface area contributed by atoms with Gasteiger partial charge >= 0.3 is 0 Å². The molecule has 3 heteroatoms. The third kappa shape index (κ3) is 5.80. The molecule has 1 aliphatic carbocycles. The van der Waals surface area contributed by atoms with Crippen molar-refractivity contribution in [2.75, 3.05) is 27.2 Å². The molecular formula is C19H30N2O. The van der Waals surface area contributed by atoms with E-state index in [1.54, 1.807) is 0 Å². The molecule has 0 heterocycles. The maximum atomic E-state index is 12.6. The van der Waals surface area contributed by atoms with Crippen LogP contribution in [0, 0.1) is 5.92 Å². The molecule has 0 saturated heterocycles. The summed E-state index contributed by atoms with van der Waals surface area (Å²) in [7, 11) is 4.12. The van der Waals surface area contributed by atoms with Gasteiger partial charge in [0.05, 0.1) is 0 Å². The van der Waals surface area contributed by atoms with E-state index in [9.17, 15) is 4.79 Å². The molecule has 1 saturated carbocycles. The van der Waals surface area contributed by atoms with E-state index in [0.29, 0.717) is 12.3 Å². The molecule has 22 heavy (non-hydrogen) atoms. The largest absolute Gasteiger partial charge is 0.337 e. The number of benzene rings is 1. The topological polar surface area (TPSA) is 23.6 Å². The first-order valence-corrected chi connectivity index (χ1v) is 8.61. The Morgan fingerprint density at radius 2 is 1.77 bits per heavy atom. The number of carbonyl (C=O) groups is 1. The molecule has 2 rings (SSSR count). The molecule has 0 radical (unpaired) electrons. The average molecular weight is 302 g/mol. The normalized spacial score (nSPS) is 15.4. The van der Waals surface area contributed by atoms with Crippen molar-refractivity contribution in [2.45, 2.75) is 45.1 Å². The summed E-state index contributed by atoms with van der Waals surface area (Å²) in [6.07, 6.45) is 7.14. The Hall–Kier alpha value is -1.35. The molecular weight excluding hydrogens is 272 g/mol. The summed E-state index contributed by atoms with van der Waals surface area (Å²) < 4.78 is 0. The number of amides is 1. The van der Waals surface area contributed by atoms with Crippen molar-refractivity contribution >= 4 is 5.91 Å². The van der Waals surface area contributed by atoms with Crippen LogP contribution >= 0.6 is 0 Å². The van der Waals surface area contributed by atoms with Crippen LogP contribution in [0.4, 0.5) is 0 Å². The zero-order valence-corrected chi connectivity index (χ0v) is 14.1. The Bertz CT molecular complexity index is 438. The number of likely N-dealkylation sites (N-methyl/N-ethyl adjacent to an activating group) is 1. The zero-order chi connectivity index (χ0) is 15.8. The maximum Gasteiger partial charge on any atom is 0.222 e. The van der Waals surface area contributed by atoms with Gasteiger partial charge in [-0.3, -0.25) is 4.79 Å². The highest BCUT2D eigenvalue weighted by Crippen LogP contribution is 2.28. The van der Waals surface area contributed by atoms with Crippen molar-refractivity contribution in [1.82, 2.24) is 9.80 Å². The smallest absolute Gasteiger partial charge is 0.222 e. The van der Waals surface area contributed by atoms with Gasteiger partial charge in [0.2, 0.25) is 5.91 Å². The van der Waals surface area contributed by atoms with Crippen molar-refractivity contribution in [2.24, 2.45) is 5.92 Å². The molecule has 1 amide bonds. The fourth-order valence-corrected chi connectivity index (χ4v) is 3.20. The highest BCUT2D eigenvalue weighted by molar-refractivity contribution is 5.76. The van der Waals surface area contributed by atoms with E-state index in [1.807, 2.05) is 23.1 Å². The molecule has 0 spiro atoms. The minimum absolute atomic E-state index is 0.317. The molecule has 0 bridgehead atoms. The van der Waals surface area contributed by atoms with Crippen molar-refractivity contribution in [3.05, 3.63) is 35.9 Å². The second kappa shape index (κ2) is 8.94. The molecule has 0 N–H and O–H groups in total. The van der Waals surface area contributed by atoms with E-state index in [0.717, 1.165) is 32.0 Å². The van der Waals surface area contributed by atoms with Gasteiger partial charge in [-0.05, 0) is 32.0 Å². The van der Waals surface area contributed by atoms with Gasteiger partial charge in [0.15, 0.2) is 0 Å². The Morgan fingerprint density at radius 1 is 1.09 bits per heavy atom. The monoisotopic (exact) mass is 302 g/mol. The summed E-state index contributed by atoms with van der Waals surface area (Å²) in [6.45, 7) is 2.46. The van der Waals surface area contributed by atoms with Crippen LogP contribution < -0.4 is 0 Å². The highest BCUT2D eigenvalue weighted by Gasteiger charge is 2.19. The minimum Gasteiger partial charge on any atom is -0.337 e. The molecule has 122 valence electrons. The molecule has 1 aromatic carbocycles. The lowest BCUT2D eigenvalue weighted by molar-refractivity contribution is -0.132. The van der Waals surface area contributed by atoms with Gasteiger partial charge in [0.1, 0.15) is 0 Å². The van der Waals surface area contributed by atoms with Gasteiger partial charge in [-0.2, -0.15) is 0 Å². The number of hydrogen-bond donors (Lipinski definition) is 0. The zero-order valence-electron chi connectivity index (χ0n) is 14.1. The van der Waals surface area contributed by atoms with Crippen LogP contribution in [0.3, 0.4) is 0 Å². The SMILES string of the molecule is CN(C)CCN(Cc1ccccc1)C(=O)CCC1CCCC1. The van der Waals surface area contributed by atoms with E-state index in [1.165, 1.54) is 31.2 Å². The molecule has 3 nitrogen and oxygen atoms in total. The van der Waals surface area contributed by atoms with Gasteiger partial charge in [-0.1, -0.05) is 56.0 Å². The van der Waals surface area contributed by atoms with Crippen LogP contribution in [0.1, 0.15) is 44.1 Å². The summed E-state index contributed by atoms with van der Waals surface area (Å²) in [5, 5.41) is 0. The van der Waals surface area contributed by atoms with Crippen LogP contribution in [-0.4, -0.2) is 42.9 Å². The standard InChI is InChI=1S/C19H30N2O/c1-20(2)14-15-21(16-18-10-4-3-5-11-18)19(22)13-12-17-8-6-7-9-17/h3-5,10-11,17H,6-9,12-16H2,1-2H3. The molecule has 0 aliphatic heterocycles. The lowest BCUT2D eigenvalue weighted by Crippen LogP contribution is -2.36. The van der Waals surface area contributed by atoms with Crippen molar-refractivity contribution < 1.29 is 4.79 Å². The van der Waals surface area contributed by atoms with Gasteiger partial charge in [0.25, 0.3) is 0 Å². The van der Waals surface area contributed by atoms with E-state index in [4.69, 9.17) is 0 Å². The van der Waals surface area contributed by atoms with Crippen LogP contribution in [0.2, 0.25) is 0 Å². The van der Waals surface area contributed by atoms with Crippen molar-refractivity contribution in [1.29, 1.82) is 0 Å². The van der Waals surface area contributed by atoms with Gasteiger partial charge in [-0.15, -0.1) is 0 Å². The first-order chi connectivity index (χ1) is 10.6. The Kier molecular flexibility index (Phi) is 6.91. The number of carbonyl (C=O) groups excluding carboxylic acids is 1. The molecule has 1 fully saturated rings. The summed E-state index contributed by atoms with van der Waals surface area (Å²) in [5.41, 5.74) is 1.22. The fourth-order valence-electron chi connectivity index (χ4n) is 3.20. The molecule has 1 aliphatic rings. The predicted molar refractivity (Wildman–Crippen MR) is 91.6 cm³/mol. The van der Waals surface area contributed by atoms with Crippen LogP contribution in [0.5, 0.6) is 0 Å². The Labute approximate surface area is 135 Å². The fraction of sp³-hybridized carbons (Fsp3) is 0.632. The third-order valence-corrected chi connectivity index (χ3v) is 4.63. The van der Waals surface area contributed by atoms with Crippen LogP contribution in [0.25, 0.3) is 0 Å². The van der Waals surface area contributed by atoms with Crippen LogP contribution in [-0.2, 0) is 11.3 Å². The van der Waals surface area contributed by atoms with E-state index in [-0.39, 0.29) is 0 Å². The van der Waals surface area contributed by atoms with E-state index >= 15 is 0 Å². The van der Waals surface area contributed by atoms with Crippen molar-refractivity contribution in [3.63, 3.8) is 0 Å². The summed E-state index contributed by atoms with van der Waals surface area (Å²) in [5.74, 6) is 1.11. The lowest BCUT2D eigenvalue weighted by Gasteiger charge is -2.25. The number of nitrogens with zero attached hydrogens (tertiary/aromatic N) is 2. The lowest BCUT2D eigenvalue weighted by atomic mass is 10.0. The number of rotatable bonds is 8. The van der Waals surface area contributed by atoms with Gasteiger partial charge in [-0.25, -0.2) is 0 Å². The molecule has 0 atom stereocenters. The average Bonchev–Trinajstić information content (AvgIpc) is 3.03. The van der Waals surface area contributed by atoms with E-state index in [2.05, 4.69) is 31.1 Å². The quantitative estimate of drug-likeness (QED) is 0.733. The highest BCUT2D eigenvalue weighted by atomic mass is 16.2. The van der Waals surface area contributed by atoms with Crippen molar-refractivity contribution in [3.8, 4) is 0 Å². The first-order valence-electron chi connectivity index (χ1n) is 8.61. The Morgan fingerprint density at radius 3 is 2.41 bits per heavy atom. The van der Waals surface area contributed by atoms with Gasteiger partial charge in [0, 0.05) is 26.1 Å². The molecule has 1 aromatic rings.